The number of hydrogen-bond acceptors (Lipinski definition) is 2. The average Bonchev–Trinajstić information content (AvgIpc) is 2.56. The minimum Gasteiger partial charge on any atom is -0.310 e. The molecule has 102 valence electrons. The van der Waals surface area contributed by atoms with E-state index in [1.807, 2.05) is 6.20 Å². The smallest absolute Gasteiger partial charge is 0.0535 e. The fraction of sp³-hybridized carbons (Fsp3) is 0.800. The molecule has 18 heavy (non-hydrogen) atoms. The minimum absolute atomic E-state index is 0.449. The summed E-state index contributed by atoms with van der Waals surface area (Å²) in [6.07, 6.45) is 5.80. The summed E-state index contributed by atoms with van der Waals surface area (Å²) < 4.78 is 0. The summed E-state index contributed by atoms with van der Waals surface area (Å²) in [7, 11) is 0. The van der Waals surface area contributed by atoms with Crippen molar-refractivity contribution >= 4 is 0 Å². The SMILES string of the molecule is Cc1[nH]ncc1CNC1CC(C)(C)CC(C)(C)C1. The molecule has 0 unspecified atom stereocenters. The fourth-order valence-electron chi connectivity index (χ4n) is 3.80. The van der Waals surface area contributed by atoms with E-state index in [4.69, 9.17) is 0 Å². The molecule has 0 aliphatic heterocycles. The number of aromatic nitrogens is 2. The average molecular weight is 249 g/mol. The number of aryl methyl sites for hydroxylation is 1. The van der Waals surface area contributed by atoms with Crippen LogP contribution in [-0.4, -0.2) is 16.2 Å². The lowest BCUT2D eigenvalue weighted by Crippen LogP contribution is -2.43. The highest BCUT2D eigenvalue weighted by molar-refractivity contribution is 5.14. The maximum absolute atomic E-state index is 4.08. The van der Waals surface area contributed by atoms with Crippen molar-refractivity contribution in [2.24, 2.45) is 10.8 Å². The lowest BCUT2D eigenvalue weighted by molar-refractivity contribution is 0.0845. The van der Waals surface area contributed by atoms with Gasteiger partial charge in [-0.15, -0.1) is 0 Å². The summed E-state index contributed by atoms with van der Waals surface area (Å²) in [4.78, 5) is 0. The zero-order valence-corrected chi connectivity index (χ0v) is 12.4. The molecule has 0 atom stereocenters. The largest absolute Gasteiger partial charge is 0.310 e. The van der Waals surface area contributed by atoms with Crippen LogP contribution in [0.25, 0.3) is 0 Å². The molecule has 0 saturated heterocycles. The number of aromatic amines is 1. The molecule has 1 aromatic rings. The van der Waals surface area contributed by atoms with Gasteiger partial charge in [-0.1, -0.05) is 27.7 Å². The topological polar surface area (TPSA) is 40.7 Å². The molecule has 1 aromatic heterocycles. The first-order chi connectivity index (χ1) is 8.27. The van der Waals surface area contributed by atoms with Gasteiger partial charge in [0.05, 0.1) is 6.20 Å². The van der Waals surface area contributed by atoms with E-state index in [2.05, 4.69) is 50.1 Å². The third-order valence-electron chi connectivity index (χ3n) is 4.07. The predicted octanol–water partition coefficient (Wildman–Crippen LogP) is 3.41. The summed E-state index contributed by atoms with van der Waals surface area (Å²) in [6.45, 7) is 12.6. The van der Waals surface area contributed by atoms with Gasteiger partial charge in [0.15, 0.2) is 0 Å². The number of H-pyrrole nitrogens is 1. The maximum Gasteiger partial charge on any atom is 0.0535 e. The number of nitrogens with zero attached hydrogens (tertiary/aromatic N) is 1. The maximum atomic E-state index is 4.08. The highest BCUT2D eigenvalue weighted by atomic mass is 15.1. The molecule has 3 heteroatoms. The van der Waals surface area contributed by atoms with Crippen molar-refractivity contribution in [3.05, 3.63) is 17.5 Å². The molecule has 0 radical (unpaired) electrons. The van der Waals surface area contributed by atoms with E-state index < -0.39 is 0 Å². The molecule has 1 aliphatic carbocycles. The first-order valence-electron chi connectivity index (χ1n) is 7.00. The van der Waals surface area contributed by atoms with Crippen LogP contribution >= 0.6 is 0 Å². The molecule has 0 spiro atoms. The van der Waals surface area contributed by atoms with E-state index in [1.54, 1.807) is 0 Å². The predicted molar refractivity (Wildman–Crippen MR) is 75.4 cm³/mol. The summed E-state index contributed by atoms with van der Waals surface area (Å²) in [5.74, 6) is 0. The van der Waals surface area contributed by atoms with Gasteiger partial charge in [0.1, 0.15) is 0 Å². The summed E-state index contributed by atoms with van der Waals surface area (Å²) in [5.41, 5.74) is 3.36. The van der Waals surface area contributed by atoms with Crippen LogP contribution in [0.3, 0.4) is 0 Å². The first kappa shape index (κ1) is 13.6. The van der Waals surface area contributed by atoms with Crippen molar-refractivity contribution in [2.45, 2.75) is 66.5 Å². The van der Waals surface area contributed by atoms with Crippen molar-refractivity contribution in [2.75, 3.05) is 0 Å². The lowest BCUT2D eigenvalue weighted by Gasteiger charge is -2.45. The van der Waals surface area contributed by atoms with Crippen molar-refractivity contribution < 1.29 is 0 Å². The molecule has 1 fully saturated rings. The Kier molecular flexibility index (Phi) is 3.54. The van der Waals surface area contributed by atoms with Crippen molar-refractivity contribution in [1.29, 1.82) is 0 Å². The molecule has 0 bridgehead atoms. The van der Waals surface area contributed by atoms with Crippen LogP contribution in [0.1, 0.15) is 58.2 Å². The molecule has 0 amide bonds. The van der Waals surface area contributed by atoms with E-state index in [1.165, 1.54) is 30.5 Å². The van der Waals surface area contributed by atoms with E-state index in [-0.39, 0.29) is 0 Å². The van der Waals surface area contributed by atoms with E-state index in [9.17, 15) is 0 Å². The second-order valence-electron chi connectivity index (χ2n) is 7.51. The van der Waals surface area contributed by atoms with Gasteiger partial charge in [0, 0.05) is 23.8 Å². The van der Waals surface area contributed by atoms with Gasteiger partial charge in [-0.05, 0) is 37.0 Å². The van der Waals surface area contributed by atoms with Gasteiger partial charge < -0.3 is 5.32 Å². The molecule has 2 rings (SSSR count). The Balaban J connectivity index is 1.95. The second-order valence-corrected chi connectivity index (χ2v) is 7.51. The Bertz CT molecular complexity index is 388. The van der Waals surface area contributed by atoms with Crippen LogP contribution in [0.2, 0.25) is 0 Å². The summed E-state index contributed by atoms with van der Waals surface area (Å²) in [6, 6.07) is 0.623. The third kappa shape index (κ3) is 3.35. The fourth-order valence-corrected chi connectivity index (χ4v) is 3.80. The Morgan fingerprint density at radius 1 is 1.28 bits per heavy atom. The van der Waals surface area contributed by atoms with Gasteiger partial charge in [0.2, 0.25) is 0 Å². The highest BCUT2D eigenvalue weighted by Crippen LogP contribution is 2.45. The van der Waals surface area contributed by atoms with Crippen LogP contribution in [0.15, 0.2) is 6.20 Å². The summed E-state index contributed by atoms with van der Waals surface area (Å²) >= 11 is 0. The quantitative estimate of drug-likeness (QED) is 0.862. The number of nitrogens with one attached hydrogen (secondary N) is 2. The molecule has 1 saturated carbocycles. The number of hydrogen-bond donors (Lipinski definition) is 2. The third-order valence-corrected chi connectivity index (χ3v) is 4.07. The zero-order chi connectivity index (χ0) is 13.4. The van der Waals surface area contributed by atoms with Crippen LogP contribution in [0, 0.1) is 17.8 Å². The van der Waals surface area contributed by atoms with Gasteiger partial charge in [-0.25, -0.2) is 0 Å². The number of rotatable bonds is 3. The van der Waals surface area contributed by atoms with Gasteiger partial charge in [0.25, 0.3) is 0 Å². The van der Waals surface area contributed by atoms with Gasteiger partial charge in [-0.3, -0.25) is 5.10 Å². The highest BCUT2D eigenvalue weighted by Gasteiger charge is 2.38. The summed E-state index contributed by atoms with van der Waals surface area (Å²) in [5, 5.41) is 10.8. The monoisotopic (exact) mass is 249 g/mol. The normalized spacial score (nSPS) is 23.2. The van der Waals surface area contributed by atoms with Crippen LogP contribution in [0.4, 0.5) is 0 Å². The van der Waals surface area contributed by atoms with Gasteiger partial charge in [-0.2, -0.15) is 5.10 Å². The molecular formula is C15H27N3. The molecule has 2 N–H and O–H groups in total. The molecule has 3 nitrogen and oxygen atoms in total. The first-order valence-corrected chi connectivity index (χ1v) is 7.00. The molecule has 1 aliphatic rings. The van der Waals surface area contributed by atoms with Gasteiger partial charge >= 0.3 is 0 Å². The standard InChI is InChI=1S/C15H27N3/c1-11-12(9-17-18-11)8-16-13-6-14(2,3)10-15(4,5)7-13/h9,13,16H,6-8,10H2,1-5H3,(H,17,18). The van der Waals surface area contributed by atoms with E-state index >= 15 is 0 Å². The Morgan fingerprint density at radius 3 is 2.39 bits per heavy atom. The molecular weight excluding hydrogens is 222 g/mol. The lowest BCUT2D eigenvalue weighted by atomic mass is 9.63. The Labute approximate surface area is 111 Å². The van der Waals surface area contributed by atoms with Crippen molar-refractivity contribution in [3.63, 3.8) is 0 Å². The van der Waals surface area contributed by atoms with Crippen molar-refractivity contribution in [3.8, 4) is 0 Å². The van der Waals surface area contributed by atoms with Crippen LogP contribution < -0.4 is 5.32 Å². The molecule has 1 heterocycles. The van der Waals surface area contributed by atoms with E-state index in [0.29, 0.717) is 16.9 Å². The van der Waals surface area contributed by atoms with Crippen LogP contribution in [-0.2, 0) is 6.54 Å². The Hall–Kier alpha value is -0.830. The second kappa shape index (κ2) is 4.69. The Morgan fingerprint density at radius 2 is 1.89 bits per heavy atom. The van der Waals surface area contributed by atoms with Crippen molar-refractivity contribution in [1.82, 2.24) is 15.5 Å². The zero-order valence-electron chi connectivity index (χ0n) is 12.4. The molecule has 0 aromatic carbocycles. The minimum atomic E-state index is 0.449. The van der Waals surface area contributed by atoms with Crippen LogP contribution in [0.5, 0.6) is 0 Å². The van der Waals surface area contributed by atoms with E-state index in [0.717, 1.165) is 6.54 Å².